The van der Waals surface area contributed by atoms with Gasteiger partial charge in [0.15, 0.2) is 6.23 Å². The van der Waals surface area contributed by atoms with Crippen molar-refractivity contribution in [2.45, 2.75) is 96.6 Å². The second-order valence-electron chi connectivity index (χ2n) is 14.2. The van der Waals surface area contributed by atoms with E-state index in [-0.39, 0.29) is 12.1 Å². The lowest BCUT2D eigenvalue weighted by Gasteiger charge is -2.45. The van der Waals surface area contributed by atoms with Crippen LogP contribution in [0.3, 0.4) is 0 Å². The normalized spacial score (nSPS) is 20.9. The predicted octanol–water partition coefficient (Wildman–Crippen LogP) is 7.67. The summed E-state index contributed by atoms with van der Waals surface area (Å²) in [6, 6.07) is 8.34. The molecule has 2 fully saturated rings. The van der Waals surface area contributed by atoms with E-state index in [2.05, 4.69) is 53.6 Å². The molecule has 1 aliphatic heterocycles. The van der Waals surface area contributed by atoms with Crippen molar-refractivity contribution in [1.82, 2.24) is 29.4 Å². The maximum absolute atomic E-state index is 13.7. The lowest BCUT2D eigenvalue weighted by Crippen LogP contribution is -2.59. The van der Waals surface area contributed by atoms with Gasteiger partial charge in [0.1, 0.15) is 5.60 Å². The number of benzene rings is 1. The SMILES string of the molecule is CC(C)(C)OC(=O)N1CCN(C2c3ccc(Cl)cc3CCc3cc(Br)cnc32)C[C@@H]1ON(CCCn1ccnc1)CC1CCCCC1. The van der Waals surface area contributed by atoms with E-state index in [1.807, 2.05) is 51.8 Å². The third kappa shape index (κ3) is 8.95. The number of fused-ring (bicyclic) bond motifs is 2. The van der Waals surface area contributed by atoms with Crippen molar-refractivity contribution in [3.8, 4) is 0 Å². The Morgan fingerprint density at radius 3 is 2.68 bits per heavy atom. The Balaban J connectivity index is 1.30. The van der Waals surface area contributed by atoms with Crippen LogP contribution in [-0.4, -0.2) is 80.0 Å². The molecule has 9 nitrogen and oxygen atoms in total. The summed E-state index contributed by atoms with van der Waals surface area (Å²) in [5.74, 6) is 0.583. The van der Waals surface area contributed by atoms with Gasteiger partial charge in [0.05, 0.1) is 18.1 Å². The van der Waals surface area contributed by atoms with Gasteiger partial charge < -0.3 is 9.30 Å². The summed E-state index contributed by atoms with van der Waals surface area (Å²) in [5, 5.41) is 2.88. The number of carbonyl (C=O) groups is 1. The van der Waals surface area contributed by atoms with Crippen LogP contribution in [0, 0.1) is 5.92 Å². The minimum absolute atomic E-state index is 0.0900. The van der Waals surface area contributed by atoms with Gasteiger partial charge in [-0.25, -0.2) is 9.78 Å². The van der Waals surface area contributed by atoms with Gasteiger partial charge in [-0.3, -0.25) is 19.6 Å². The number of piperazine rings is 1. The molecule has 3 aromatic rings. The summed E-state index contributed by atoms with van der Waals surface area (Å²) in [4.78, 5) is 34.1. The van der Waals surface area contributed by atoms with E-state index in [9.17, 15) is 4.79 Å². The fourth-order valence-electron chi connectivity index (χ4n) is 7.27. The molecule has 1 saturated carbocycles. The van der Waals surface area contributed by atoms with E-state index in [1.165, 1.54) is 48.8 Å². The van der Waals surface area contributed by atoms with E-state index < -0.39 is 11.8 Å². The summed E-state index contributed by atoms with van der Waals surface area (Å²) < 4.78 is 9.02. The lowest BCUT2D eigenvalue weighted by atomic mass is 9.89. The van der Waals surface area contributed by atoms with Gasteiger partial charge in [0.2, 0.25) is 0 Å². The number of amides is 1. The highest BCUT2D eigenvalue weighted by Crippen LogP contribution is 2.39. The van der Waals surface area contributed by atoms with E-state index in [0.29, 0.717) is 25.6 Å². The first-order chi connectivity index (χ1) is 22.6. The number of hydroxylamine groups is 2. The molecular weight excluding hydrogens is 680 g/mol. The van der Waals surface area contributed by atoms with E-state index >= 15 is 0 Å². The van der Waals surface area contributed by atoms with Crippen molar-refractivity contribution in [3.05, 3.63) is 81.1 Å². The highest BCUT2D eigenvalue weighted by molar-refractivity contribution is 9.10. The molecule has 0 spiro atoms. The first-order valence-electron chi connectivity index (χ1n) is 17.2. The Morgan fingerprint density at radius 2 is 1.91 bits per heavy atom. The number of ether oxygens (including phenoxy) is 1. The zero-order valence-corrected chi connectivity index (χ0v) is 30.3. The maximum atomic E-state index is 13.7. The zero-order chi connectivity index (χ0) is 33.0. The molecule has 1 aromatic carbocycles. The van der Waals surface area contributed by atoms with E-state index in [0.717, 1.165) is 54.1 Å². The van der Waals surface area contributed by atoms with Gasteiger partial charge in [0.25, 0.3) is 0 Å². The first-order valence-corrected chi connectivity index (χ1v) is 18.3. The van der Waals surface area contributed by atoms with Crippen molar-refractivity contribution >= 4 is 33.6 Å². The van der Waals surface area contributed by atoms with Crippen LogP contribution < -0.4 is 0 Å². The van der Waals surface area contributed by atoms with Crippen LogP contribution in [0.15, 0.2) is 53.7 Å². The number of imidazole rings is 1. The molecule has 0 N–H and O–H groups in total. The van der Waals surface area contributed by atoms with Crippen molar-refractivity contribution in [2.24, 2.45) is 5.92 Å². The monoisotopic (exact) mass is 726 g/mol. The lowest BCUT2D eigenvalue weighted by molar-refractivity contribution is -0.254. The topological polar surface area (TPSA) is 76.0 Å². The van der Waals surface area contributed by atoms with Crippen LogP contribution in [-0.2, 0) is 29.0 Å². The second-order valence-corrected chi connectivity index (χ2v) is 15.6. The third-order valence-electron chi connectivity index (χ3n) is 9.49. The summed E-state index contributed by atoms with van der Waals surface area (Å²) in [5.41, 5.74) is 4.12. The Morgan fingerprint density at radius 1 is 1.11 bits per heavy atom. The number of rotatable bonds is 9. The molecule has 1 unspecified atom stereocenters. The quantitative estimate of drug-likeness (QED) is 0.210. The number of hydrogen-bond acceptors (Lipinski definition) is 7. The molecule has 6 rings (SSSR count). The van der Waals surface area contributed by atoms with Crippen LogP contribution in [0.25, 0.3) is 0 Å². The molecule has 11 heteroatoms. The van der Waals surface area contributed by atoms with Crippen molar-refractivity contribution < 1.29 is 14.4 Å². The van der Waals surface area contributed by atoms with Crippen LogP contribution in [0.1, 0.15) is 87.7 Å². The second kappa shape index (κ2) is 15.4. The van der Waals surface area contributed by atoms with Crippen LogP contribution in [0.5, 0.6) is 0 Å². The summed E-state index contributed by atoms with van der Waals surface area (Å²) >= 11 is 10.2. The molecule has 3 heterocycles. The highest BCUT2D eigenvalue weighted by atomic mass is 79.9. The number of halogens is 2. The number of aryl methyl sites for hydroxylation is 3. The fraction of sp³-hybridized carbons (Fsp3) is 0.583. The van der Waals surface area contributed by atoms with Crippen molar-refractivity contribution in [3.63, 3.8) is 0 Å². The first kappa shape index (κ1) is 34.4. The fourth-order valence-corrected chi connectivity index (χ4v) is 7.85. The molecular formula is C36H48BrClN6O3. The summed E-state index contributed by atoms with van der Waals surface area (Å²) in [6.45, 7) is 9.87. The minimum atomic E-state index is -0.610. The van der Waals surface area contributed by atoms with Crippen LogP contribution >= 0.6 is 27.5 Å². The van der Waals surface area contributed by atoms with Gasteiger partial charge in [0, 0.05) is 67.4 Å². The molecule has 2 aromatic heterocycles. The molecule has 47 heavy (non-hydrogen) atoms. The molecule has 254 valence electrons. The molecule has 2 atom stereocenters. The van der Waals surface area contributed by atoms with E-state index in [1.54, 1.807) is 4.90 Å². The van der Waals surface area contributed by atoms with Gasteiger partial charge in [-0.1, -0.05) is 36.9 Å². The summed E-state index contributed by atoms with van der Waals surface area (Å²) in [6.07, 6.45) is 15.7. The summed E-state index contributed by atoms with van der Waals surface area (Å²) in [7, 11) is 0. The van der Waals surface area contributed by atoms with Gasteiger partial charge in [-0.15, -0.1) is 0 Å². The largest absolute Gasteiger partial charge is 0.444 e. The Labute approximate surface area is 292 Å². The highest BCUT2D eigenvalue weighted by Gasteiger charge is 2.40. The zero-order valence-electron chi connectivity index (χ0n) is 27.9. The number of hydrogen-bond donors (Lipinski definition) is 0. The van der Waals surface area contributed by atoms with Gasteiger partial charge in [-0.2, -0.15) is 5.06 Å². The van der Waals surface area contributed by atoms with Gasteiger partial charge in [-0.05, 0) is 110 Å². The third-order valence-corrected chi connectivity index (χ3v) is 10.2. The molecule has 0 bridgehead atoms. The maximum Gasteiger partial charge on any atom is 0.412 e. The molecule has 2 aliphatic carbocycles. The van der Waals surface area contributed by atoms with Gasteiger partial charge >= 0.3 is 6.09 Å². The van der Waals surface area contributed by atoms with Crippen LogP contribution in [0.2, 0.25) is 5.02 Å². The predicted molar refractivity (Wildman–Crippen MR) is 187 cm³/mol. The number of carbonyl (C=O) groups excluding carboxylic acids is 1. The number of nitrogens with zero attached hydrogens (tertiary/aromatic N) is 6. The molecule has 1 saturated heterocycles. The Kier molecular flexibility index (Phi) is 11.2. The van der Waals surface area contributed by atoms with Crippen molar-refractivity contribution in [1.29, 1.82) is 0 Å². The Bertz CT molecular complexity index is 1440. The average molecular weight is 728 g/mol. The average Bonchev–Trinajstić information content (AvgIpc) is 3.49. The molecule has 1 amide bonds. The van der Waals surface area contributed by atoms with Crippen LogP contribution in [0.4, 0.5) is 4.79 Å². The standard InChI is InChI=1S/C36H48BrClN6O3/c1-36(2,3)46-35(45)44-19-18-42(34-31-13-12-30(38)21-27(31)10-11-28-20-29(37)22-40-33(28)34)24-32(44)47-43(23-26-8-5-4-6-9-26)16-7-15-41-17-14-39-25-41/h12-14,17,20-22,25-26,32,34H,4-11,15-16,18-19,23-24H2,1-3H3/t32-,34?/m0/s1. The van der Waals surface area contributed by atoms with Crippen molar-refractivity contribution in [2.75, 3.05) is 32.7 Å². The smallest absolute Gasteiger partial charge is 0.412 e. The van der Waals surface area contributed by atoms with E-state index in [4.69, 9.17) is 26.2 Å². The minimum Gasteiger partial charge on any atom is -0.444 e. The number of pyridine rings is 1. The number of aromatic nitrogens is 3. The Hall–Kier alpha value is -2.50. The molecule has 0 radical (unpaired) electrons. The molecule has 3 aliphatic rings.